The molecule has 0 aliphatic carbocycles. The number of aromatic amines is 1. The van der Waals surface area contributed by atoms with E-state index < -0.39 is 23.0 Å². The maximum Gasteiger partial charge on any atom is 0.360 e. The number of nitrogens with zero attached hydrogens (tertiary/aromatic N) is 1. The molecule has 2 heterocycles. The number of hydrogen-bond acceptors (Lipinski definition) is 6. The van der Waals surface area contributed by atoms with Crippen molar-refractivity contribution in [1.29, 1.82) is 0 Å². The molecule has 2 aromatic rings. The molecule has 0 aromatic carbocycles. The first-order valence-corrected chi connectivity index (χ1v) is 5.52. The third-order valence-corrected chi connectivity index (χ3v) is 2.75. The van der Waals surface area contributed by atoms with Gasteiger partial charge in [-0.2, -0.15) is 11.3 Å². The third-order valence-electron chi connectivity index (χ3n) is 2.07. The lowest BCUT2D eigenvalue weighted by molar-refractivity contribution is 0.0590. The van der Waals surface area contributed by atoms with Crippen molar-refractivity contribution >= 4 is 17.3 Å². The summed E-state index contributed by atoms with van der Waals surface area (Å²) in [5, 5.41) is 13.0. The Balaban J connectivity index is 2.62. The molecule has 7 heteroatoms. The molecule has 6 nitrogen and oxygen atoms in total. The normalized spacial score (nSPS) is 10.2. The van der Waals surface area contributed by atoms with Crippen molar-refractivity contribution < 1.29 is 14.6 Å². The van der Waals surface area contributed by atoms with Crippen molar-refractivity contribution in [3.63, 3.8) is 0 Å². The minimum atomic E-state index is -0.856. The van der Waals surface area contributed by atoms with Gasteiger partial charge < -0.3 is 14.8 Å². The van der Waals surface area contributed by atoms with Crippen LogP contribution < -0.4 is 5.56 Å². The predicted molar refractivity (Wildman–Crippen MR) is 61.2 cm³/mol. The number of carbonyl (C=O) groups excluding carboxylic acids is 1. The average Bonchev–Trinajstić information content (AvgIpc) is 2.85. The lowest BCUT2D eigenvalue weighted by Crippen LogP contribution is -2.16. The summed E-state index contributed by atoms with van der Waals surface area (Å²) in [5.74, 6) is -1.38. The van der Waals surface area contributed by atoms with E-state index in [-0.39, 0.29) is 5.82 Å². The first kappa shape index (κ1) is 11.3. The Morgan fingerprint density at radius 3 is 2.94 bits per heavy atom. The number of aromatic hydroxyl groups is 1. The highest BCUT2D eigenvalue weighted by molar-refractivity contribution is 7.08. The first-order valence-electron chi connectivity index (χ1n) is 4.57. The first-order chi connectivity index (χ1) is 8.13. The molecule has 0 spiro atoms. The van der Waals surface area contributed by atoms with Crippen molar-refractivity contribution in [3.8, 4) is 17.1 Å². The van der Waals surface area contributed by atoms with E-state index in [1.165, 1.54) is 11.3 Å². The number of thiophene rings is 1. The number of aromatic nitrogens is 2. The Morgan fingerprint density at radius 1 is 1.59 bits per heavy atom. The zero-order chi connectivity index (χ0) is 12.4. The number of rotatable bonds is 2. The molecule has 88 valence electrons. The van der Waals surface area contributed by atoms with Gasteiger partial charge in [-0.15, -0.1) is 0 Å². The highest BCUT2D eigenvalue weighted by Crippen LogP contribution is 2.19. The molecular formula is C10H8N2O4S. The Hall–Kier alpha value is -2.15. The molecule has 2 rings (SSSR count). The number of nitrogens with one attached hydrogen (secondary N) is 1. The minimum Gasteiger partial charge on any atom is -0.501 e. The number of carbonyl (C=O) groups is 1. The van der Waals surface area contributed by atoms with Gasteiger partial charge in [0, 0.05) is 10.9 Å². The van der Waals surface area contributed by atoms with E-state index in [0.29, 0.717) is 5.56 Å². The molecule has 0 bridgehead atoms. The molecule has 0 radical (unpaired) electrons. The summed E-state index contributed by atoms with van der Waals surface area (Å²) in [6.07, 6.45) is 0. The molecular weight excluding hydrogens is 244 g/mol. The SMILES string of the molecule is COC(=O)c1nc(-c2ccsc2)[nH]c(=O)c1O. The monoisotopic (exact) mass is 252 g/mol. The van der Waals surface area contributed by atoms with Gasteiger partial charge in [0.25, 0.3) is 5.56 Å². The van der Waals surface area contributed by atoms with E-state index in [4.69, 9.17) is 0 Å². The summed E-state index contributed by atoms with van der Waals surface area (Å²) in [6, 6.07) is 1.74. The molecule has 0 fully saturated rings. The van der Waals surface area contributed by atoms with Crippen molar-refractivity contribution in [2.45, 2.75) is 0 Å². The van der Waals surface area contributed by atoms with Crippen molar-refractivity contribution in [2.75, 3.05) is 7.11 Å². The van der Waals surface area contributed by atoms with Crippen LogP contribution in [-0.4, -0.2) is 28.2 Å². The standard InChI is InChI=1S/C10H8N2O4S/c1-16-10(15)6-7(13)9(14)12-8(11-6)5-2-3-17-4-5/h2-4,13H,1H3,(H,11,12,14). The lowest BCUT2D eigenvalue weighted by atomic mass is 10.3. The van der Waals surface area contributed by atoms with Crippen LogP contribution in [0.1, 0.15) is 10.5 Å². The zero-order valence-corrected chi connectivity index (χ0v) is 9.58. The minimum absolute atomic E-state index is 0.217. The molecule has 0 atom stereocenters. The Labute approximate surface area is 99.5 Å². The number of H-pyrrole nitrogens is 1. The van der Waals surface area contributed by atoms with Crippen molar-refractivity contribution in [2.24, 2.45) is 0 Å². The van der Waals surface area contributed by atoms with Crippen LogP contribution in [0.25, 0.3) is 11.4 Å². The van der Waals surface area contributed by atoms with Crippen LogP contribution in [0.2, 0.25) is 0 Å². The summed E-state index contributed by atoms with van der Waals surface area (Å²) >= 11 is 1.42. The van der Waals surface area contributed by atoms with E-state index in [0.717, 1.165) is 7.11 Å². The molecule has 0 unspecified atom stereocenters. The molecule has 0 aliphatic rings. The largest absolute Gasteiger partial charge is 0.501 e. The second kappa shape index (κ2) is 4.38. The number of ether oxygens (including phenoxy) is 1. The Morgan fingerprint density at radius 2 is 2.35 bits per heavy atom. The van der Waals surface area contributed by atoms with Crippen LogP contribution in [0, 0.1) is 0 Å². The molecule has 0 saturated carbocycles. The predicted octanol–water partition coefficient (Wildman–Crippen LogP) is 0.991. The molecule has 17 heavy (non-hydrogen) atoms. The van der Waals surface area contributed by atoms with Gasteiger partial charge in [0.05, 0.1) is 7.11 Å². The fourth-order valence-electron chi connectivity index (χ4n) is 1.24. The number of hydrogen-bond donors (Lipinski definition) is 2. The van der Waals surface area contributed by atoms with Gasteiger partial charge >= 0.3 is 5.97 Å². The summed E-state index contributed by atoms with van der Waals surface area (Å²) in [4.78, 5) is 29.0. The summed E-state index contributed by atoms with van der Waals surface area (Å²) in [5.41, 5.74) is -0.503. The van der Waals surface area contributed by atoms with Gasteiger partial charge in [-0.05, 0) is 11.4 Å². The second-order valence-corrected chi connectivity index (χ2v) is 3.90. The fraction of sp³-hybridized carbons (Fsp3) is 0.100. The van der Waals surface area contributed by atoms with Gasteiger partial charge in [-0.1, -0.05) is 0 Å². The van der Waals surface area contributed by atoms with Crippen LogP contribution in [0.4, 0.5) is 0 Å². The van der Waals surface area contributed by atoms with Crippen LogP contribution >= 0.6 is 11.3 Å². The van der Waals surface area contributed by atoms with Crippen molar-refractivity contribution in [3.05, 3.63) is 32.9 Å². The van der Waals surface area contributed by atoms with Gasteiger partial charge in [0.15, 0.2) is 5.69 Å². The number of esters is 1. The summed E-state index contributed by atoms with van der Waals surface area (Å²) < 4.78 is 4.43. The topological polar surface area (TPSA) is 92.3 Å². The lowest BCUT2D eigenvalue weighted by Gasteiger charge is -2.03. The maximum absolute atomic E-state index is 11.4. The van der Waals surface area contributed by atoms with E-state index in [1.54, 1.807) is 16.8 Å². The molecule has 2 N–H and O–H groups in total. The maximum atomic E-state index is 11.4. The van der Waals surface area contributed by atoms with Gasteiger partial charge in [0.1, 0.15) is 5.82 Å². The third kappa shape index (κ3) is 2.04. The van der Waals surface area contributed by atoms with Crippen molar-refractivity contribution in [1.82, 2.24) is 9.97 Å². The van der Waals surface area contributed by atoms with E-state index in [1.807, 2.05) is 0 Å². The molecule has 0 saturated heterocycles. The molecule has 2 aromatic heterocycles. The van der Waals surface area contributed by atoms with Crippen LogP contribution in [0.3, 0.4) is 0 Å². The zero-order valence-electron chi connectivity index (χ0n) is 8.76. The molecule has 0 aliphatic heterocycles. The summed E-state index contributed by atoms with van der Waals surface area (Å²) in [7, 11) is 1.15. The van der Waals surface area contributed by atoms with E-state index in [2.05, 4.69) is 14.7 Å². The highest BCUT2D eigenvalue weighted by atomic mass is 32.1. The van der Waals surface area contributed by atoms with Crippen LogP contribution in [0.5, 0.6) is 5.75 Å². The smallest absolute Gasteiger partial charge is 0.360 e. The molecule has 0 amide bonds. The second-order valence-electron chi connectivity index (χ2n) is 3.12. The average molecular weight is 252 g/mol. The van der Waals surface area contributed by atoms with Crippen LogP contribution in [-0.2, 0) is 4.74 Å². The van der Waals surface area contributed by atoms with Gasteiger partial charge in [-0.3, -0.25) is 4.79 Å². The fourth-order valence-corrected chi connectivity index (χ4v) is 1.88. The van der Waals surface area contributed by atoms with E-state index >= 15 is 0 Å². The Bertz CT molecular complexity index is 603. The highest BCUT2D eigenvalue weighted by Gasteiger charge is 2.18. The van der Waals surface area contributed by atoms with Crippen LogP contribution in [0.15, 0.2) is 21.6 Å². The van der Waals surface area contributed by atoms with Gasteiger partial charge in [0.2, 0.25) is 5.75 Å². The number of methoxy groups -OCH3 is 1. The quantitative estimate of drug-likeness (QED) is 0.777. The van der Waals surface area contributed by atoms with Gasteiger partial charge in [-0.25, -0.2) is 9.78 Å². The van der Waals surface area contributed by atoms with E-state index in [9.17, 15) is 14.7 Å². The Kier molecular flexibility index (Phi) is 2.92. The summed E-state index contributed by atoms with van der Waals surface area (Å²) in [6.45, 7) is 0.